The molecule has 0 aliphatic rings. The summed E-state index contributed by atoms with van der Waals surface area (Å²) in [6, 6.07) is 9.98. The Morgan fingerprint density at radius 3 is 2.25 bits per heavy atom. The summed E-state index contributed by atoms with van der Waals surface area (Å²) >= 11 is 11.8. The fraction of sp³-hybridized carbons (Fsp3) is 0.133. The molecule has 0 unspecified atom stereocenters. The number of benzene rings is 2. The molecular formula is C15H14Cl2N2O4S. The number of hydrogen-bond donors (Lipinski definition) is 1. The Morgan fingerprint density at radius 2 is 1.71 bits per heavy atom. The lowest BCUT2D eigenvalue weighted by Gasteiger charge is -2.25. The number of halogens is 2. The van der Waals surface area contributed by atoms with Gasteiger partial charge in [0.15, 0.2) is 0 Å². The van der Waals surface area contributed by atoms with Gasteiger partial charge in [0, 0.05) is 10.0 Å². The minimum absolute atomic E-state index is 0.0461. The van der Waals surface area contributed by atoms with Crippen molar-refractivity contribution < 1.29 is 17.9 Å². The van der Waals surface area contributed by atoms with E-state index in [1.807, 2.05) is 0 Å². The highest BCUT2D eigenvalue weighted by Crippen LogP contribution is 2.34. The van der Waals surface area contributed by atoms with E-state index in [1.165, 1.54) is 43.5 Å². The molecule has 128 valence electrons. The van der Waals surface area contributed by atoms with Crippen molar-refractivity contribution in [3.8, 4) is 5.75 Å². The summed E-state index contributed by atoms with van der Waals surface area (Å²) in [6.45, 7) is -0.568. The van der Waals surface area contributed by atoms with E-state index in [4.69, 9.17) is 33.7 Å². The Morgan fingerprint density at radius 1 is 1.12 bits per heavy atom. The third-order valence-electron chi connectivity index (χ3n) is 3.11. The molecule has 0 heterocycles. The predicted molar refractivity (Wildman–Crippen MR) is 93.2 cm³/mol. The summed E-state index contributed by atoms with van der Waals surface area (Å²) < 4.78 is 31.9. The van der Waals surface area contributed by atoms with E-state index in [9.17, 15) is 13.2 Å². The molecule has 0 saturated carbocycles. The summed E-state index contributed by atoms with van der Waals surface area (Å²) in [4.78, 5) is 11.4. The standard InChI is InChI=1S/C15H14Cl2N2O4S/c1-23-14-7-4-11(17)8-13(14)19(9-15(18)20)24(21,22)12-5-2-10(16)3-6-12/h2-8H,9H2,1H3,(H2,18,20). The van der Waals surface area contributed by atoms with Crippen molar-refractivity contribution in [1.82, 2.24) is 0 Å². The molecule has 24 heavy (non-hydrogen) atoms. The molecule has 0 bridgehead atoms. The van der Waals surface area contributed by atoms with Gasteiger partial charge in [-0.15, -0.1) is 0 Å². The molecule has 2 aromatic carbocycles. The second-order valence-corrected chi connectivity index (χ2v) is 7.48. The van der Waals surface area contributed by atoms with Gasteiger partial charge < -0.3 is 10.5 Å². The van der Waals surface area contributed by atoms with Crippen molar-refractivity contribution in [3.63, 3.8) is 0 Å². The van der Waals surface area contributed by atoms with Crippen LogP contribution in [0, 0.1) is 0 Å². The zero-order valence-corrected chi connectivity index (χ0v) is 14.9. The molecule has 2 aromatic rings. The highest BCUT2D eigenvalue weighted by atomic mass is 35.5. The van der Waals surface area contributed by atoms with E-state index in [1.54, 1.807) is 6.07 Å². The number of rotatable bonds is 6. The number of carbonyl (C=O) groups is 1. The zero-order valence-electron chi connectivity index (χ0n) is 12.6. The molecule has 0 radical (unpaired) electrons. The van der Waals surface area contributed by atoms with E-state index < -0.39 is 22.5 Å². The number of primary amides is 1. The number of anilines is 1. The Bertz CT molecular complexity index is 854. The number of carbonyl (C=O) groups excluding carboxylic acids is 1. The Hall–Kier alpha value is -1.96. The van der Waals surface area contributed by atoms with Crippen molar-refractivity contribution in [3.05, 3.63) is 52.5 Å². The van der Waals surface area contributed by atoms with Gasteiger partial charge in [0.05, 0.1) is 17.7 Å². The van der Waals surface area contributed by atoms with Crippen LogP contribution < -0.4 is 14.8 Å². The van der Waals surface area contributed by atoms with Gasteiger partial charge in [-0.2, -0.15) is 0 Å². The first-order valence-corrected chi connectivity index (χ1v) is 8.85. The van der Waals surface area contributed by atoms with Crippen molar-refractivity contribution in [2.75, 3.05) is 18.0 Å². The van der Waals surface area contributed by atoms with Crippen molar-refractivity contribution in [2.24, 2.45) is 5.73 Å². The summed E-state index contributed by atoms with van der Waals surface area (Å²) in [6.07, 6.45) is 0. The van der Waals surface area contributed by atoms with Crippen LogP contribution in [0.15, 0.2) is 47.4 Å². The van der Waals surface area contributed by atoms with Crippen LogP contribution in [0.2, 0.25) is 10.0 Å². The van der Waals surface area contributed by atoms with Gasteiger partial charge >= 0.3 is 0 Å². The summed E-state index contributed by atoms with van der Waals surface area (Å²) in [7, 11) is -2.70. The first-order chi connectivity index (χ1) is 11.3. The first-order valence-electron chi connectivity index (χ1n) is 6.66. The van der Waals surface area contributed by atoms with Gasteiger partial charge in [0.2, 0.25) is 5.91 Å². The lowest BCUT2D eigenvalue weighted by molar-refractivity contribution is -0.116. The van der Waals surface area contributed by atoms with Gasteiger partial charge in [-0.3, -0.25) is 9.10 Å². The monoisotopic (exact) mass is 388 g/mol. The van der Waals surface area contributed by atoms with Gasteiger partial charge in [0.1, 0.15) is 12.3 Å². The quantitative estimate of drug-likeness (QED) is 0.823. The van der Waals surface area contributed by atoms with Crippen LogP contribution in [0.25, 0.3) is 0 Å². The third-order valence-corrected chi connectivity index (χ3v) is 5.37. The van der Waals surface area contributed by atoms with E-state index in [0.29, 0.717) is 5.02 Å². The molecule has 0 spiro atoms. The second kappa shape index (κ2) is 7.29. The average Bonchev–Trinajstić information content (AvgIpc) is 2.52. The SMILES string of the molecule is COc1ccc(Cl)cc1N(CC(N)=O)S(=O)(=O)c1ccc(Cl)cc1. The number of methoxy groups -OCH3 is 1. The molecule has 0 atom stereocenters. The van der Waals surface area contributed by atoms with E-state index in [0.717, 1.165) is 4.31 Å². The van der Waals surface area contributed by atoms with Crippen LogP contribution >= 0.6 is 23.2 Å². The lowest BCUT2D eigenvalue weighted by atomic mass is 10.3. The molecule has 2 N–H and O–H groups in total. The summed E-state index contributed by atoms with van der Waals surface area (Å²) in [5.41, 5.74) is 5.33. The van der Waals surface area contributed by atoms with Crippen molar-refractivity contribution in [2.45, 2.75) is 4.90 Å². The second-order valence-electron chi connectivity index (χ2n) is 4.75. The molecule has 0 fully saturated rings. The average molecular weight is 389 g/mol. The number of sulfonamides is 1. The topological polar surface area (TPSA) is 89.7 Å². The van der Waals surface area contributed by atoms with Crippen LogP contribution in [0.4, 0.5) is 5.69 Å². The highest BCUT2D eigenvalue weighted by molar-refractivity contribution is 7.92. The highest BCUT2D eigenvalue weighted by Gasteiger charge is 2.29. The Labute approximate surface area is 149 Å². The Balaban J connectivity index is 2.63. The molecule has 0 saturated heterocycles. The van der Waals surface area contributed by atoms with Crippen molar-refractivity contribution in [1.29, 1.82) is 0 Å². The molecule has 0 aliphatic carbocycles. The van der Waals surface area contributed by atoms with Gasteiger partial charge in [-0.25, -0.2) is 8.42 Å². The largest absolute Gasteiger partial charge is 0.495 e. The number of hydrogen-bond acceptors (Lipinski definition) is 4. The number of ether oxygens (including phenoxy) is 1. The van der Waals surface area contributed by atoms with E-state index in [-0.39, 0.29) is 21.4 Å². The van der Waals surface area contributed by atoms with Crippen LogP contribution in [0.5, 0.6) is 5.75 Å². The Kier molecular flexibility index (Phi) is 5.58. The fourth-order valence-electron chi connectivity index (χ4n) is 2.03. The van der Waals surface area contributed by atoms with E-state index in [2.05, 4.69) is 0 Å². The lowest BCUT2D eigenvalue weighted by Crippen LogP contribution is -2.38. The van der Waals surface area contributed by atoms with Crippen LogP contribution in [0.3, 0.4) is 0 Å². The first kappa shape index (κ1) is 18.4. The molecule has 0 aromatic heterocycles. The van der Waals surface area contributed by atoms with Gasteiger partial charge in [0.25, 0.3) is 10.0 Å². The predicted octanol–water partition coefficient (Wildman–Crippen LogP) is 2.68. The minimum atomic E-state index is -4.08. The molecule has 6 nitrogen and oxygen atoms in total. The minimum Gasteiger partial charge on any atom is -0.495 e. The van der Waals surface area contributed by atoms with Crippen LogP contribution in [0.1, 0.15) is 0 Å². The smallest absolute Gasteiger partial charge is 0.264 e. The van der Waals surface area contributed by atoms with Crippen molar-refractivity contribution >= 4 is 44.8 Å². The van der Waals surface area contributed by atoms with E-state index >= 15 is 0 Å². The number of nitrogens with zero attached hydrogens (tertiary/aromatic N) is 1. The molecule has 0 aliphatic heterocycles. The van der Waals surface area contributed by atoms with Gasteiger partial charge in [-0.1, -0.05) is 23.2 Å². The summed E-state index contributed by atoms with van der Waals surface area (Å²) in [5.74, 6) is -0.590. The summed E-state index contributed by atoms with van der Waals surface area (Å²) in [5, 5.41) is 0.669. The number of nitrogens with two attached hydrogens (primary N) is 1. The van der Waals surface area contributed by atoms with Crippen LogP contribution in [-0.4, -0.2) is 28.0 Å². The molecule has 1 amide bonds. The normalized spacial score (nSPS) is 11.1. The fourth-order valence-corrected chi connectivity index (χ4v) is 3.76. The maximum Gasteiger partial charge on any atom is 0.264 e. The zero-order chi connectivity index (χ0) is 17.9. The maximum absolute atomic E-state index is 12.9. The number of amides is 1. The molecule has 9 heteroatoms. The maximum atomic E-state index is 12.9. The third kappa shape index (κ3) is 3.92. The molecule has 2 rings (SSSR count). The molecular weight excluding hydrogens is 375 g/mol. The van der Waals surface area contributed by atoms with Crippen LogP contribution in [-0.2, 0) is 14.8 Å². The van der Waals surface area contributed by atoms with Gasteiger partial charge in [-0.05, 0) is 42.5 Å².